The van der Waals surface area contributed by atoms with Gasteiger partial charge in [0, 0.05) is 5.56 Å². The van der Waals surface area contributed by atoms with Crippen LogP contribution >= 0.6 is 0 Å². The summed E-state index contributed by atoms with van der Waals surface area (Å²) in [4.78, 5) is 10.4. The minimum atomic E-state index is 0.589. The van der Waals surface area contributed by atoms with E-state index in [2.05, 4.69) is 13.8 Å². The van der Waals surface area contributed by atoms with Gasteiger partial charge in [0.2, 0.25) is 0 Å². The lowest BCUT2D eigenvalue weighted by Gasteiger charge is -2.07. The zero-order valence-corrected chi connectivity index (χ0v) is 7.58. The molecule has 1 aromatic rings. The number of aldehydes is 1. The second-order valence-corrected chi connectivity index (χ2v) is 3.09. The van der Waals surface area contributed by atoms with Crippen LogP contribution in [0.25, 0.3) is 0 Å². The number of hydrogen-bond acceptors (Lipinski definition) is 1. The lowest BCUT2D eigenvalue weighted by atomic mass is 9.98. The molecule has 1 heteroatoms. The first-order chi connectivity index (χ1) is 5.77. The Bertz CT molecular complexity index is 248. The van der Waals surface area contributed by atoms with E-state index in [1.165, 1.54) is 5.56 Å². The SMILES string of the molecule is CC[C@@H](C)c1ccc(C=O)cc1. The summed E-state index contributed by atoms with van der Waals surface area (Å²) < 4.78 is 0. The summed E-state index contributed by atoms with van der Waals surface area (Å²) in [6, 6.07) is 7.79. The lowest BCUT2D eigenvalue weighted by molar-refractivity contribution is 0.112. The molecular weight excluding hydrogens is 148 g/mol. The van der Waals surface area contributed by atoms with E-state index >= 15 is 0 Å². The Kier molecular flexibility index (Phi) is 3.03. The second kappa shape index (κ2) is 4.05. The van der Waals surface area contributed by atoms with Crippen molar-refractivity contribution in [2.45, 2.75) is 26.2 Å². The number of carbonyl (C=O) groups excluding carboxylic acids is 1. The maximum Gasteiger partial charge on any atom is 0.150 e. The Hall–Kier alpha value is -1.11. The molecule has 0 saturated heterocycles. The quantitative estimate of drug-likeness (QED) is 0.624. The minimum Gasteiger partial charge on any atom is -0.298 e. The Morgan fingerprint density at radius 3 is 2.33 bits per heavy atom. The molecule has 0 fully saturated rings. The van der Waals surface area contributed by atoms with E-state index in [-0.39, 0.29) is 0 Å². The van der Waals surface area contributed by atoms with Crippen molar-refractivity contribution in [2.75, 3.05) is 0 Å². The Morgan fingerprint density at radius 1 is 1.33 bits per heavy atom. The predicted octanol–water partition coefficient (Wildman–Crippen LogP) is 3.01. The highest BCUT2D eigenvalue weighted by atomic mass is 16.1. The molecule has 1 aromatic carbocycles. The highest BCUT2D eigenvalue weighted by Gasteiger charge is 2.01. The van der Waals surface area contributed by atoms with Crippen LogP contribution in [0.3, 0.4) is 0 Å². The van der Waals surface area contributed by atoms with Crippen molar-refractivity contribution in [3.8, 4) is 0 Å². The molecule has 0 aliphatic rings. The maximum atomic E-state index is 10.4. The predicted molar refractivity (Wildman–Crippen MR) is 50.5 cm³/mol. The first kappa shape index (κ1) is 8.98. The summed E-state index contributed by atoms with van der Waals surface area (Å²) in [5.41, 5.74) is 2.06. The molecule has 0 spiro atoms. The van der Waals surface area contributed by atoms with Gasteiger partial charge in [-0.1, -0.05) is 38.1 Å². The van der Waals surface area contributed by atoms with E-state index < -0.39 is 0 Å². The molecule has 0 radical (unpaired) electrons. The average molecular weight is 162 g/mol. The highest BCUT2D eigenvalue weighted by Crippen LogP contribution is 2.18. The topological polar surface area (TPSA) is 17.1 Å². The van der Waals surface area contributed by atoms with Crippen molar-refractivity contribution in [3.63, 3.8) is 0 Å². The van der Waals surface area contributed by atoms with Gasteiger partial charge in [0.05, 0.1) is 0 Å². The smallest absolute Gasteiger partial charge is 0.150 e. The molecule has 0 aliphatic carbocycles. The molecule has 1 atom stereocenters. The number of rotatable bonds is 3. The van der Waals surface area contributed by atoms with Gasteiger partial charge < -0.3 is 0 Å². The van der Waals surface area contributed by atoms with Crippen LogP contribution in [0.2, 0.25) is 0 Å². The van der Waals surface area contributed by atoms with Gasteiger partial charge in [-0.2, -0.15) is 0 Å². The summed E-state index contributed by atoms with van der Waals surface area (Å²) in [6.45, 7) is 4.36. The van der Waals surface area contributed by atoms with Crippen LogP contribution in [0, 0.1) is 0 Å². The molecule has 0 N–H and O–H groups in total. The van der Waals surface area contributed by atoms with E-state index in [0.29, 0.717) is 5.92 Å². The molecule has 1 nitrogen and oxygen atoms in total. The van der Waals surface area contributed by atoms with Crippen LogP contribution in [0.1, 0.15) is 42.1 Å². The zero-order valence-electron chi connectivity index (χ0n) is 7.58. The minimum absolute atomic E-state index is 0.589. The molecule has 1 rings (SSSR count). The number of carbonyl (C=O) groups is 1. The average Bonchev–Trinajstić information content (AvgIpc) is 2.17. The van der Waals surface area contributed by atoms with Gasteiger partial charge in [0.1, 0.15) is 6.29 Å². The maximum absolute atomic E-state index is 10.4. The van der Waals surface area contributed by atoms with Crippen molar-refractivity contribution in [1.29, 1.82) is 0 Å². The van der Waals surface area contributed by atoms with Crippen LogP contribution in [0.4, 0.5) is 0 Å². The lowest BCUT2D eigenvalue weighted by Crippen LogP contribution is -1.91. The molecular formula is C11H14O. The highest BCUT2D eigenvalue weighted by molar-refractivity contribution is 5.74. The van der Waals surface area contributed by atoms with E-state index in [9.17, 15) is 4.79 Å². The fraction of sp³-hybridized carbons (Fsp3) is 0.364. The Morgan fingerprint density at radius 2 is 1.92 bits per heavy atom. The third-order valence-corrected chi connectivity index (χ3v) is 2.25. The largest absolute Gasteiger partial charge is 0.298 e. The fourth-order valence-electron chi connectivity index (χ4n) is 1.14. The van der Waals surface area contributed by atoms with Gasteiger partial charge in [-0.15, -0.1) is 0 Å². The van der Waals surface area contributed by atoms with E-state index in [1.54, 1.807) is 0 Å². The standard InChI is InChI=1S/C11H14O/c1-3-9(2)11-6-4-10(8-12)5-7-11/h4-9H,3H2,1-2H3/t9-/m1/s1. The van der Waals surface area contributed by atoms with Crippen molar-refractivity contribution in [2.24, 2.45) is 0 Å². The van der Waals surface area contributed by atoms with E-state index in [0.717, 1.165) is 18.3 Å². The zero-order chi connectivity index (χ0) is 8.97. The normalized spacial score (nSPS) is 12.5. The molecule has 0 heterocycles. The van der Waals surface area contributed by atoms with Crippen molar-refractivity contribution >= 4 is 6.29 Å². The van der Waals surface area contributed by atoms with Gasteiger partial charge in [0.25, 0.3) is 0 Å². The molecule has 0 unspecified atom stereocenters. The van der Waals surface area contributed by atoms with Crippen LogP contribution in [0.15, 0.2) is 24.3 Å². The van der Waals surface area contributed by atoms with E-state index in [4.69, 9.17) is 0 Å². The Labute approximate surface area is 73.4 Å². The third kappa shape index (κ3) is 1.94. The number of benzene rings is 1. The monoisotopic (exact) mass is 162 g/mol. The first-order valence-electron chi connectivity index (χ1n) is 4.33. The van der Waals surface area contributed by atoms with Crippen molar-refractivity contribution in [1.82, 2.24) is 0 Å². The van der Waals surface area contributed by atoms with Gasteiger partial charge in [0.15, 0.2) is 0 Å². The number of hydrogen-bond donors (Lipinski definition) is 0. The van der Waals surface area contributed by atoms with Crippen molar-refractivity contribution < 1.29 is 4.79 Å². The fourth-order valence-corrected chi connectivity index (χ4v) is 1.14. The third-order valence-electron chi connectivity index (χ3n) is 2.25. The summed E-state index contributed by atoms with van der Waals surface area (Å²) in [5, 5.41) is 0. The summed E-state index contributed by atoms with van der Waals surface area (Å²) in [5.74, 6) is 0.589. The van der Waals surface area contributed by atoms with Crippen molar-refractivity contribution in [3.05, 3.63) is 35.4 Å². The first-order valence-corrected chi connectivity index (χ1v) is 4.33. The molecule has 0 bridgehead atoms. The second-order valence-electron chi connectivity index (χ2n) is 3.09. The van der Waals surface area contributed by atoms with Crippen LogP contribution in [-0.4, -0.2) is 6.29 Å². The van der Waals surface area contributed by atoms with Gasteiger partial charge in [-0.3, -0.25) is 4.79 Å². The summed E-state index contributed by atoms with van der Waals surface area (Å²) in [7, 11) is 0. The molecule has 0 saturated carbocycles. The van der Waals surface area contributed by atoms with Gasteiger partial charge >= 0.3 is 0 Å². The molecule has 0 aromatic heterocycles. The molecule has 64 valence electrons. The van der Waals surface area contributed by atoms with Crippen LogP contribution < -0.4 is 0 Å². The van der Waals surface area contributed by atoms with Gasteiger partial charge in [-0.05, 0) is 17.9 Å². The summed E-state index contributed by atoms with van der Waals surface area (Å²) >= 11 is 0. The van der Waals surface area contributed by atoms with Crippen LogP contribution in [0.5, 0.6) is 0 Å². The molecule has 12 heavy (non-hydrogen) atoms. The molecule has 0 amide bonds. The van der Waals surface area contributed by atoms with E-state index in [1.807, 2.05) is 24.3 Å². The molecule has 0 aliphatic heterocycles. The van der Waals surface area contributed by atoms with Gasteiger partial charge in [-0.25, -0.2) is 0 Å². The van der Waals surface area contributed by atoms with Crippen LogP contribution in [-0.2, 0) is 0 Å². The summed E-state index contributed by atoms with van der Waals surface area (Å²) in [6.07, 6.45) is 2.01. The Balaban J connectivity index is 2.84.